The van der Waals surface area contributed by atoms with Gasteiger partial charge in [0.05, 0.1) is 11.3 Å². The van der Waals surface area contributed by atoms with Gasteiger partial charge < -0.3 is 17.3 Å². The van der Waals surface area contributed by atoms with E-state index in [-0.39, 0.29) is 5.82 Å². The van der Waals surface area contributed by atoms with Gasteiger partial charge in [0.1, 0.15) is 5.30 Å². The van der Waals surface area contributed by atoms with Gasteiger partial charge in [0, 0.05) is 7.92 Å². The third kappa shape index (κ3) is 6.06. The van der Waals surface area contributed by atoms with E-state index >= 15 is 0 Å². The highest BCUT2D eigenvalue weighted by Gasteiger charge is 2.41. The normalized spacial score (nSPS) is 19.9. The summed E-state index contributed by atoms with van der Waals surface area (Å²) in [5.74, 6) is 0.0742. The highest BCUT2D eigenvalue weighted by Crippen LogP contribution is 2.56. The molecule has 0 unspecified atom stereocenters. The standard InChI is InChI=1S/C16H22FP.BF4/c17-15-11-5-6-12-16(15)18(13-7-1-2-8-13)14-9-3-4-10-14;2-1(3,4)5/h5-6,11-14H,1-4,7-10H2;/q;-1/p+1. The van der Waals surface area contributed by atoms with Crippen molar-refractivity contribution in [2.24, 2.45) is 0 Å². The van der Waals surface area contributed by atoms with E-state index in [4.69, 9.17) is 0 Å². The van der Waals surface area contributed by atoms with Crippen molar-refractivity contribution in [1.29, 1.82) is 0 Å². The van der Waals surface area contributed by atoms with Crippen LogP contribution in [0.4, 0.5) is 21.7 Å². The Labute approximate surface area is 135 Å². The predicted molar refractivity (Wildman–Crippen MR) is 89.0 cm³/mol. The molecule has 1 aromatic carbocycles. The van der Waals surface area contributed by atoms with Crippen LogP contribution in [0, 0.1) is 5.82 Å². The zero-order valence-corrected chi connectivity index (χ0v) is 14.1. The van der Waals surface area contributed by atoms with Gasteiger partial charge in [-0.05, 0) is 63.5 Å². The molecule has 23 heavy (non-hydrogen) atoms. The Hall–Kier alpha value is -0.635. The summed E-state index contributed by atoms with van der Waals surface area (Å²) in [6.07, 6.45) is 10.9. The molecule has 0 amide bonds. The van der Waals surface area contributed by atoms with E-state index in [1.807, 2.05) is 12.1 Å². The summed E-state index contributed by atoms with van der Waals surface area (Å²) in [7, 11) is -6.68. The van der Waals surface area contributed by atoms with Crippen LogP contribution in [0.25, 0.3) is 0 Å². The van der Waals surface area contributed by atoms with Gasteiger partial charge in [-0.15, -0.1) is 0 Å². The maximum Gasteiger partial charge on any atom is 0.673 e. The fraction of sp³-hybridized carbons (Fsp3) is 0.625. The van der Waals surface area contributed by atoms with Gasteiger partial charge in [0.25, 0.3) is 0 Å². The van der Waals surface area contributed by atoms with Gasteiger partial charge in [0.2, 0.25) is 0 Å². The van der Waals surface area contributed by atoms with Crippen LogP contribution in [0.5, 0.6) is 0 Å². The Morgan fingerprint density at radius 1 is 0.783 bits per heavy atom. The number of benzene rings is 1. The molecule has 0 bridgehead atoms. The Morgan fingerprint density at radius 2 is 1.17 bits per heavy atom. The molecule has 2 aliphatic rings. The molecule has 2 saturated carbocycles. The molecule has 0 atom stereocenters. The number of halogens is 5. The first-order chi connectivity index (χ1) is 10.9. The minimum absolute atomic E-state index is 0.0742. The molecule has 7 heteroatoms. The largest absolute Gasteiger partial charge is 0.673 e. The van der Waals surface area contributed by atoms with Gasteiger partial charge in [0.15, 0.2) is 5.82 Å². The van der Waals surface area contributed by atoms with E-state index < -0.39 is 15.2 Å². The van der Waals surface area contributed by atoms with Crippen molar-refractivity contribution in [3.05, 3.63) is 30.1 Å². The average Bonchev–Trinajstić information content (AvgIpc) is 3.13. The maximum absolute atomic E-state index is 14.2. The number of rotatable bonds is 3. The molecule has 0 nitrogen and oxygen atoms in total. The second-order valence-electron chi connectivity index (χ2n) is 6.39. The maximum atomic E-state index is 14.2. The Kier molecular flexibility index (Phi) is 6.88. The third-order valence-corrected chi connectivity index (χ3v) is 8.72. The minimum atomic E-state index is -6.00. The fourth-order valence-corrected chi connectivity index (χ4v) is 8.20. The molecule has 0 saturated heterocycles. The van der Waals surface area contributed by atoms with Gasteiger partial charge in [-0.3, -0.25) is 0 Å². The second kappa shape index (κ2) is 8.46. The van der Waals surface area contributed by atoms with Gasteiger partial charge in [-0.2, -0.15) is 0 Å². The summed E-state index contributed by atoms with van der Waals surface area (Å²) in [6.45, 7) is 0. The van der Waals surface area contributed by atoms with Gasteiger partial charge in [-0.25, -0.2) is 4.39 Å². The summed E-state index contributed by atoms with van der Waals surface area (Å²) in [6, 6.07) is 7.62. The Balaban J connectivity index is 0.000000338. The van der Waals surface area contributed by atoms with Crippen molar-refractivity contribution >= 4 is 20.5 Å². The van der Waals surface area contributed by atoms with Crippen LogP contribution in [0.3, 0.4) is 0 Å². The molecule has 0 spiro atoms. The number of hydrogen-bond donors (Lipinski definition) is 0. The fourth-order valence-electron chi connectivity index (χ4n) is 3.94. The molecule has 3 rings (SSSR count). The first-order valence-corrected chi connectivity index (χ1v) is 10.0. The van der Waals surface area contributed by atoms with E-state index in [0.717, 1.165) is 16.6 Å². The molecule has 2 aliphatic carbocycles. The lowest BCUT2D eigenvalue weighted by atomic mass is 10.3. The van der Waals surface area contributed by atoms with Crippen LogP contribution in [-0.4, -0.2) is 18.6 Å². The van der Waals surface area contributed by atoms with Crippen molar-refractivity contribution in [3.8, 4) is 0 Å². The van der Waals surface area contributed by atoms with Crippen LogP contribution in [0.2, 0.25) is 0 Å². The molecule has 2 fully saturated rings. The molecule has 0 radical (unpaired) electrons. The monoisotopic (exact) mass is 352 g/mol. The smallest absolute Gasteiger partial charge is 0.418 e. The molecule has 0 aliphatic heterocycles. The van der Waals surface area contributed by atoms with Crippen LogP contribution in [0.15, 0.2) is 24.3 Å². The van der Waals surface area contributed by atoms with Crippen molar-refractivity contribution in [1.82, 2.24) is 0 Å². The van der Waals surface area contributed by atoms with Crippen molar-refractivity contribution < 1.29 is 21.7 Å². The summed E-state index contributed by atoms with van der Waals surface area (Å²) in [5.41, 5.74) is 1.69. The Bertz CT molecular complexity index is 460. The van der Waals surface area contributed by atoms with E-state index in [1.165, 1.54) is 51.4 Å². The lowest BCUT2D eigenvalue weighted by molar-refractivity contribution is 0.368. The molecule has 0 aromatic heterocycles. The highest BCUT2D eigenvalue weighted by molar-refractivity contribution is 7.67. The number of hydrogen-bond acceptors (Lipinski definition) is 0. The van der Waals surface area contributed by atoms with E-state index in [1.54, 1.807) is 6.07 Å². The van der Waals surface area contributed by atoms with E-state index in [9.17, 15) is 21.7 Å². The second-order valence-corrected chi connectivity index (χ2v) is 9.48. The predicted octanol–water partition coefficient (Wildman–Crippen LogP) is 5.85. The van der Waals surface area contributed by atoms with Crippen molar-refractivity contribution in [2.45, 2.75) is 62.7 Å². The van der Waals surface area contributed by atoms with Gasteiger partial charge >= 0.3 is 7.25 Å². The van der Waals surface area contributed by atoms with Crippen LogP contribution in [-0.2, 0) is 0 Å². The summed E-state index contributed by atoms with van der Waals surface area (Å²) >= 11 is 0. The topological polar surface area (TPSA) is 0 Å². The lowest BCUT2D eigenvalue weighted by Gasteiger charge is -2.22. The SMILES string of the molecule is F[B-](F)(F)F.Fc1ccccc1[PH+](C1CCCC1)C1CCCC1. The minimum Gasteiger partial charge on any atom is -0.418 e. The molecule has 0 heterocycles. The highest BCUT2D eigenvalue weighted by atomic mass is 31.1. The summed E-state index contributed by atoms with van der Waals surface area (Å²) in [4.78, 5) is 0. The van der Waals surface area contributed by atoms with Crippen molar-refractivity contribution in [3.63, 3.8) is 0 Å². The molecular formula is C16H23BF5P. The van der Waals surface area contributed by atoms with Crippen LogP contribution >= 0.6 is 7.92 Å². The third-order valence-electron chi connectivity index (χ3n) is 4.77. The lowest BCUT2D eigenvalue weighted by Crippen LogP contribution is -2.21. The van der Waals surface area contributed by atoms with E-state index in [0.29, 0.717) is 0 Å². The Morgan fingerprint density at radius 3 is 1.57 bits per heavy atom. The molecule has 0 N–H and O–H groups in total. The first kappa shape index (κ1) is 18.7. The zero-order valence-electron chi connectivity index (χ0n) is 13.1. The summed E-state index contributed by atoms with van der Waals surface area (Å²) in [5, 5.41) is 1.11. The molecule has 130 valence electrons. The van der Waals surface area contributed by atoms with Crippen molar-refractivity contribution in [2.75, 3.05) is 0 Å². The quantitative estimate of drug-likeness (QED) is 0.364. The average molecular weight is 352 g/mol. The molecule has 1 aromatic rings. The van der Waals surface area contributed by atoms with Crippen LogP contribution in [0.1, 0.15) is 51.4 Å². The van der Waals surface area contributed by atoms with E-state index in [2.05, 4.69) is 6.07 Å². The first-order valence-electron chi connectivity index (χ1n) is 8.35. The van der Waals surface area contributed by atoms with Gasteiger partial charge in [-0.1, -0.05) is 12.1 Å². The molecular weight excluding hydrogens is 329 g/mol. The van der Waals surface area contributed by atoms with Crippen LogP contribution < -0.4 is 5.30 Å². The zero-order chi connectivity index (χ0) is 16.9. The summed E-state index contributed by atoms with van der Waals surface area (Å²) < 4.78 is 53.2.